The van der Waals surface area contributed by atoms with Crippen molar-refractivity contribution >= 4 is 17.5 Å². The second-order valence-electron chi connectivity index (χ2n) is 5.76. The van der Waals surface area contributed by atoms with E-state index < -0.39 is 6.10 Å². The largest absolute Gasteiger partial charge is 0.481 e. The fourth-order valence-corrected chi connectivity index (χ4v) is 2.37. The van der Waals surface area contributed by atoms with Gasteiger partial charge in [0.2, 0.25) is 0 Å². The number of aryl methyl sites for hydroxylation is 1. The Morgan fingerprint density at radius 3 is 2.40 bits per heavy atom. The monoisotopic (exact) mass is 340 g/mol. The number of hydrogen-bond donors (Lipinski definition) is 2. The summed E-state index contributed by atoms with van der Waals surface area (Å²) in [5.41, 5.74) is 2.26. The highest BCUT2D eigenvalue weighted by atomic mass is 16.5. The molecule has 1 unspecified atom stereocenters. The molecule has 0 aromatic heterocycles. The van der Waals surface area contributed by atoms with Crippen molar-refractivity contribution in [3.8, 4) is 5.75 Å². The number of amides is 2. The van der Waals surface area contributed by atoms with E-state index in [2.05, 4.69) is 10.6 Å². The predicted octanol–water partition coefficient (Wildman–Crippen LogP) is 3.54. The first-order valence-corrected chi connectivity index (χ1v) is 8.46. The zero-order chi connectivity index (χ0) is 18.2. The van der Waals surface area contributed by atoms with Crippen LogP contribution in [0.2, 0.25) is 0 Å². The lowest BCUT2D eigenvalue weighted by molar-refractivity contribution is -0.122. The molecule has 0 saturated carbocycles. The van der Waals surface area contributed by atoms with Crippen LogP contribution in [0.4, 0.5) is 5.69 Å². The minimum Gasteiger partial charge on any atom is -0.481 e. The summed E-state index contributed by atoms with van der Waals surface area (Å²) in [5, 5.41) is 5.57. The van der Waals surface area contributed by atoms with Crippen LogP contribution in [0, 0.1) is 6.92 Å². The van der Waals surface area contributed by atoms with Crippen LogP contribution in [-0.4, -0.2) is 24.5 Å². The van der Waals surface area contributed by atoms with Gasteiger partial charge in [-0.1, -0.05) is 19.1 Å². The van der Waals surface area contributed by atoms with Gasteiger partial charge in [-0.3, -0.25) is 9.59 Å². The molecule has 0 spiro atoms. The number of benzene rings is 2. The average molecular weight is 340 g/mol. The lowest BCUT2D eigenvalue weighted by Gasteiger charge is -2.17. The summed E-state index contributed by atoms with van der Waals surface area (Å²) in [6, 6.07) is 14.4. The normalized spacial score (nSPS) is 11.5. The third-order valence-electron chi connectivity index (χ3n) is 3.68. The Labute approximate surface area is 148 Å². The third kappa shape index (κ3) is 5.35. The second kappa shape index (κ2) is 8.87. The SMILES string of the molecule is CCNC(=O)c1ccc(NC(=O)C(CC)Oc2cccc(C)c2)cc1. The maximum Gasteiger partial charge on any atom is 0.265 e. The number of anilines is 1. The molecule has 0 saturated heterocycles. The van der Waals surface area contributed by atoms with E-state index in [0.29, 0.717) is 30.0 Å². The van der Waals surface area contributed by atoms with Crippen LogP contribution >= 0.6 is 0 Å². The Balaban J connectivity index is 2.00. The zero-order valence-corrected chi connectivity index (χ0v) is 14.8. The molecule has 1 atom stereocenters. The van der Waals surface area contributed by atoms with Gasteiger partial charge in [-0.05, 0) is 62.2 Å². The van der Waals surface area contributed by atoms with Crippen LogP contribution in [-0.2, 0) is 4.79 Å². The maximum atomic E-state index is 12.4. The van der Waals surface area contributed by atoms with Crippen molar-refractivity contribution in [2.75, 3.05) is 11.9 Å². The molecule has 5 heteroatoms. The minimum atomic E-state index is -0.579. The average Bonchev–Trinajstić information content (AvgIpc) is 2.60. The molecule has 2 N–H and O–H groups in total. The number of ether oxygens (including phenoxy) is 1. The molecule has 0 aliphatic rings. The first-order valence-electron chi connectivity index (χ1n) is 8.46. The van der Waals surface area contributed by atoms with E-state index >= 15 is 0 Å². The van der Waals surface area contributed by atoms with E-state index in [1.54, 1.807) is 24.3 Å². The van der Waals surface area contributed by atoms with Crippen molar-refractivity contribution in [3.63, 3.8) is 0 Å². The molecular formula is C20H24N2O3. The van der Waals surface area contributed by atoms with Crippen molar-refractivity contribution < 1.29 is 14.3 Å². The van der Waals surface area contributed by atoms with Gasteiger partial charge in [-0.15, -0.1) is 0 Å². The lowest BCUT2D eigenvalue weighted by atomic mass is 10.2. The van der Waals surface area contributed by atoms with Crippen LogP contribution in [0.1, 0.15) is 36.2 Å². The third-order valence-corrected chi connectivity index (χ3v) is 3.68. The van der Waals surface area contributed by atoms with Crippen LogP contribution < -0.4 is 15.4 Å². The lowest BCUT2D eigenvalue weighted by Crippen LogP contribution is -2.32. The Morgan fingerprint density at radius 1 is 1.08 bits per heavy atom. The summed E-state index contributed by atoms with van der Waals surface area (Å²) >= 11 is 0. The Bertz CT molecular complexity index is 726. The van der Waals surface area contributed by atoms with E-state index in [4.69, 9.17) is 4.74 Å². The van der Waals surface area contributed by atoms with Crippen molar-refractivity contribution in [1.29, 1.82) is 0 Å². The van der Waals surface area contributed by atoms with E-state index in [1.807, 2.05) is 45.0 Å². The molecule has 2 aromatic carbocycles. The minimum absolute atomic E-state index is 0.130. The Kier molecular flexibility index (Phi) is 6.57. The molecule has 2 rings (SSSR count). The number of hydrogen-bond acceptors (Lipinski definition) is 3. The van der Waals surface area contributed by atoms with Gasteiger partial charge in [0.25, 0.3) is 11.8 Å². The molecule has 0 bridgehead atoms. The fraction of sp³-hybridized carbons (Fsp3) is 0.300. The fourth-order valence-electron chi connectivity index (χ4n) is 2.37. The molecule has 25 heavy (non-hydrogen) atoms. The molecular weight excluding hydrogens is 316 g/mol. The van der Waals surface area contributed by atoms with Crippen molar-refractivity contribution in [3.05, 3.63) is 59.7 Å². The molecule has 0 radical (unpaired) electrons. The quantitative estimate of drug-likeness (QED) is 0.810. The Hall–Kier alpha value is -2.82. The van der Waals surface area contributed by atoms with Crippen molar-refractivity contribution in [1.82, 2.24) is 5.32 Å². The molecule has 132 valence electrons. The number of carbonyl (C=O) groups excluding carboxylic acids is 2. The molecule has 0 aliphatic carbocycles. The summed E-state index contributed by atoms with van der Waals surface area (Å²) < 4.78 is 5.80. The summed E-state index contributed by atoms with van der Waals surface area (Å²) in [7, 11) is 0. The first-order chi connectivity index (χ1) is 12.0. The van der Waals surface area contributed by atoms with E-state index in [-0.39, 0.29) is 11.8 Å². The highest BCUT2D eigenvalue weighted by molar-refractivity contribution is 5.96. The van der Waals surface area contributed by atoms with Crippen LogP contribution in [0.25, 0.3) is 0 Å². The summed E-state index contributed by atoms with van der Waals surface area (Å²) in [4.78, 5) is 24.2. The van der Waals surface area contributed by atoms with Crippen LogP contribution in [0.5, 0.6) is 5.75 Å². The maximum absolute atomic E-state index is 12.4. The highest BCUT2D eigenvalue weighted by Gasteiger charge is 2.18. The smallest absolute Gasteiger partial charge is 0.265 e. The summed E-state index contributed by atoms with van der Waals surface area (Å²) in [6.07, 6.45) is -0.0265. The topological polar surface area (TPSA) is 67.4 Å². The predicted molar refractivity (Wildman–Crippen MR) is 99.0 cm³/mol. The molecule has 2 amide bonds. The van der Waals surface area contributed by atoms with Gasteiger partial charge in [0.15, 0.2) is 6.10 Å². The van der Waals surface area contributed by atoms with E-state index in [0.717, 1.165) is 5.56 Å². The van der Waals surface area contributed by atoms with Crippen molar-refractivity contribution in [2.45, 2.75) is 33.3 Å². The first kappa shape index (κ1) is 18.5. The summed E-state index contributed by atoms with van der Waals surface area (Å²) in [5.74, 6) is 0.331. The van der Waals surface area contributed by atoms with Crippen LogP contribution in [0.15, 0.2) is 48.5 Å². The highest BCUT2D eigenvalue weighted by Crippen LogP contribution is 2.17. The molecule has 0 aliphatic heterocycles. The number of carbonyl (C=O) groups is 2. The standard InChI is InChI=1S/C20H24N2O3/c1-4-18(25-17-8-6-7-14(3)13-17)20(24)22-16-11-9-15(10-12-16)19(23)21-5-2/h6-13,18H,4-5H2,1-3H3,(H,21,23)(H,22,24). The van der Waals surface area contributed by atoms with Crippen LogP contribution in [0.3, 0.4) is 0 Å². The summed E-state index contributed by atoms with van der Waals surface area (Å²) in [6.45, 7) is 6.32. The zero-order valence-electron chi connectivity index (χ0n) is 14.8. The molecule has 0 heterocycles. The van der Waals surface area contributed by atoms with Gasteiger partial charge >= 0.3 is 0 Å². The molecule has 0 fully saturated rings. The van der Waals surface area contributed by atoms with Gasteiger partial charge in [-0.2, -0.15) is 0 Å². The number of rotatable bonds is 7. The van der Waals surface area contributed by atoms with Gasteiger partial charge < -0.3 is 15.4 Å². The Morgan fingerprint density at radius 2 is 1.80 bits per heavy atom. The van der Waals surface area contributed by atoms with Gasteiger partial charge in [0.05, 0.1) is 0 Å². The van der Waals surface area contributed by atoms with Crippen molar-refractivity contribution in [2.24, 2.45) is 0 Å². The van der Waals surface area contributed by atoms with E-state index in [1.165, 1.54) is 0 Å². The molecule has 5 nitrogen and oxygen atoms in total. The van der Waals surface area contributed by atoms with Gasteiger partial charge in [-0.25, -0.2) is 0 Å². The van der Waals surface area contributed by atoms with Gasteiger partial charge in [0.1, 0.15) is 5.75 Å². The van der Waals surface area contributed by atoms with E-state index in [9.17, 15) is 9.59 Å². The van der Waals surface area contributed by atoms with Gasteiger partial charge in [0, 0.05) is 17.8 Å². The molecule has 2 aromatic rings. The number of nitrogens with one attached hydrogen (secondary N) is 2. The second-order valence-corrected chi connectivity index (χ2v) is 5.76.